The number of esters is 1. The summed E-state index contributed by atoms with van der Waals surface area (Å²) in [5, 5.41) is 7.01. The molecule has 1 atom stereocenters. The van der Waals surface area contributed by atoms with Crippen LogP contribution in [0.3, 0.4) is 0 Å². The zero-order valence-electron chi connectivity index (χ0n) is 20.9. The van der Waals surface area contributed by atoms with Gasteiger partial charge in [-0.1, -0.05) is 67.6 Å². The highest BCUT2D eigenvalue weighted by Gasteiger charge is 2.47. The molecule has 9 heteroatoms. The van der Waals surface area contributed by atoms with Gasteiger partial charge in [0.25, 0.3) is 6.17 Å². The van der Waals surface area contributed by atoms with Crippen LogP contribution in [0.4, 0.5) is 5.69 Å². The molecule has 0 saturated carbocycles. The third-order valence-electron chi connectivity index (χ3n) is 6.28. The third kappa shape index (κ3) is 4.51. The average Bonchev–Trinajstić information content (AvgIpc) is 2.87. The summed E-state index contributed by atoms with van der Waals surface area (Å²) in [5.74, 6) is 0.382. The molecule has 1 amide bonds. The summed E-state index contributed by atoms with van der Waals surface area (Å²) in [6, 6.07) is 18.6. The van der Waals surface area contributed by atoms with Gasteiger partial charge in [0.05, 0.1) is 16.8 Å². The van der Waals surface area contributed by atoms with Gasteiger partial charge in [-0.3, -0.25) is 19.4 Å². The van der Waals surface area contributed by atoms with E-state index in [0.717, 1.165) is 29.4 Å². The number of thioether (sulfide) groups is 1. The molecule has 5 rings (SSSR count). The number of carbonyl (C=O) groups is 2. The number of ether oxygens (including phenoxy) is 1. The van der Waals surface area contributed by atoms with Crippen molar-refractivity contribution in [3.05, 3.63) is 76.6 Å². The van der Waals surface area contributed by atoms with Gasteiger partial charge in [0.15, 0.2) is 0 Å². The van der Waals surface area contributed by atoms with Crippen LogP contribution in [0, 0.1) is 0 Å². The van der Waals surface area contributed by atoms with E-state index >= 15 is 0 Å². The molecule has 0 fully saturated rings. The van der Waals surface area contributed by atoms with E-state index in [1.165, 1.54) is 25.6 Å². The van der Waals surface area contributed by atoms with Crippen LogP contribution in [0.1, 0.15) is 45.3 Å². The Morgan fingerprint density at radius 2 is 1.84 bits per heavy atom. The molecule has 8 nitrogen and oxygen atoms in total. The maximum absolute atomic E-state index is 13.5. The number of unbranched alkanes of at least 4 members (excludes halogenated alkanes) is 1. The molecule has 0 unspecified atom stereocenters. The summed E-state index contributed by atoms with van der Waals surface area (Å²) in [6.07, 6.45) is 1.13. The first-order chi connectivity index (χ1) is 17.9. The highest BCUT2D eigenvalue weighted by atomic mass is 32.2. The molecule has 2 heterocycles. The highest BCUT2D eigenvalue weighted by Crippen LogP contribution is 2.42. The smallest absolute Gasteiger partial charge is 0.325 e. The monoisotopic (exact) mass is 515 g/mol. The van der Waals surface area contributed by atoms with Gasteiger partial charge in [0.1, 0.15) is 5.75 Å². The van der Waals surface area contributed by atoms with Gasteiger partial charge in [-0.2, -0.15) is 0 Å². The second-order valence-corrected chi connectivity index (χ2v) is 9.91. The van der Waals surface area contributed by atoms with Gasteiger partial charge in [0, 0.05) is 24.7 Å². The Morgan fingerprint density at radius 3 is 2.59 bits per heavy atom. The summed E-state index contributed by atoms with van der Waals surface area (Å²) in [4.78, 5) is 43.5. The van der Waals surface area contributed by atoms with E-state index in [9.17, 15) is 14.4 Å². The first-order valence-corrected chi connectivity index (χ1v) is 13.2. The Kier molecular flexibility index (Phi) is 6.80. The highest BCUT2D eigenvalue weighted by molar-refractivity contribution is 7.99. The molecule has 1 N–H and O–H groups in total. The van der Waals surface area contributed by atoms with Gasteiger partial charge in [-0.05, 0) is 40.1 Å². The number of nitrogens with one attached hydrogen (secondary N) is 1. The van der Waals surface area contributed by atoms with E-state index in [0.29, 0.717) is 33.4 Å². The number of anilines is 1. The normalized spacial score (nSPS) is 14.2. The number of rotatable bonds is 6. The van der Waals surface area contributed by atoms with Crippen LogP contribution >= 0.6 is 11.8 Å². The van der Waals surface area contributed by atoms with Crippen LogP contribution in [0.25, 0.3) is 22.0 Å². The zero-order valence-corrected chi connectivity index (χ0v) is 21.7. The lowest BCUT2D eigenvalue weighted by Crippen LogP contribution is -2.60. The Morgan fingerprint density at radius 1 is 1.08 bits per heavy atom. The molecular weight excluding hydrogens is 488 g/mol. The summed E-state index contributed by atoms with van der Waals surface area (Å²) in [6.45, 7) is 4.92. The number of aromatic amines is 1. The van der Waals surface area contributed by atoms with E-state index in [1.54, 1.807) is 15.6 Å². The van der Waals surface area contributed by atoms with Gasteiger partial charge in [0.2, 0.25) is 11.1 Å². The Hall–Kier alpha value is -3.98. The van der Waals surface area contributed by atoms with Crippen LogP contribution in [0.5, 0.6) is 5.75 Å². The molecule has 0 spiro atoms. The molecule has 37 heavy (non-hydrogen) atoms. The van der Waals surface area contributed by atoms with E-state index in [2.05, 4.69) is 11.9 Å². The first-order valence-electron chi connectivity index (χ1n) is 12.2. The zero-order chi connectivity index (χ0) is 26.1. The molecule has 0 radical (unpaired) electrons. The van der Waals surface area contributed by atoms with Crippen LogP contribution in [-0.2, 0) is 9.59 Å². The Bertz CT molecular complexity index is 1580. The van der Waals surface area contributed by atoms with Gasteiger partial charge < -0.3 is 4.74 Å². The second kappa shape index (κ2) is 10.2. The number of aromatic nitrogens is 3. The molecule has 1 aromatic heterocycles. The van der Waals surface area contributed by atoms with Gasteiger partial charge in [-0.15, -0.1) is 0 Å². The van der Waals surface area contributed by atoms with E-state index in [1.807, 2.05) is 54.6 Å². The Balaban J connectivity index is 1.87. The summed E-state index contributed by atoms with van der Waals surface area (Å²) < 4.78 is 7.27. The minimum Gasteiger partial charge on any atom is -0.426 e. The lowest BCUT2D eigenvalue weighted by Gasteiger charge is -2.32. The van der Waals surface area contributed by atoms with Crippen LogP contribution in [0.2, 0.25) is 0 Å². The van der Waals surface area contributed by atoms with Crippen molar-refractivity contribution < 1.29 is 19.0 Å². The SMILES string of the molecule is CCCCSc1n[n+]2c(c(=O)[nH]1)-c1ccccc1N(C(C)=O)[C@H]2c1c(OC(C)=O)ccc2ccccc12. The van der Waals surface area contributed by atoms with Crippen molar-refractivity contribution in [2.24, 2.45) is 0 Å². The number of carbonyl (C=O) groups excluding carboxylic acids is 2. The maximum atomic E-state index is 13.5. The predicted molar refractivity (Wildman–Crippen MR) is 143 cm³/mol. The molecule has 0 bridgehead atoms. The minimum absolute atomic E-state index is 0.237. The van der Waals surface area contributed by atoms with Gasteiger partial charge in [-0.25, -0.2) is 4.90 Å². The molecule has 0 aliphatic carbocycles. The lowest BCUT2D eigenvalue weighted by molar-refractivity contribution is -0.762. The fourth-order valence-corrected chi connectivity index (χ4v) is 5.68. The number of nitrogens with zero attached hydrogens (tertiary/aromatic N) is 3. The number of H-pyrrole nitrogens is 1. The maximum Gasteiger partial charge on any atom is 0.325 e. The standard InChI is InChI=1S/C28H26N4O4S/c1-4-5-16-37-28-29-26(35)25-21-12-8-9-13-22(21)31(17(2)33)27(32(25)30-28)24-20-11-7-6-10-19(20)14-15-23(24)36-18(3)34/h6-15,27H,4-5,16H2,1-3H3/p+1/t27-/m1/s1. The second-order valence-electron chi connectivity index (χ2n) is 8.83. The van der Waals surface area contributed by atoms with Crippen molar-refractivity contribution in [3.63, 3.8) is 0 Å². The molecule has 188 valence electrons. The molecule has 1 aliphatic heterocycles. The number of amides is 1. The molecule has 1 aliphatic rings. The molecule has 4 aromatic rings. The summed E-state index contributed by atoms with van der Waals surface area (Å²) >= 11 is 1.46. The van der Waals surface area contributed by atoms with Crippen LogP contribution < -0.4 is 19.9 Å². The first kappa shape index (κ1) is 24.7. The fraction of sp³-hybridized carbons (Fsp3) is 0.250. The van der Waals surface area contributed by atoms with E-state index < -0.39 is 12.1 Å². The third-order valence-corrected chi connectivity index (χ3v) is 7.23. The quantitative estimate of drug-likeness (QED) is 0.132. The minimum atomic E-state index is -0.865. The number of benzene rings is 3. The van der Waals surface area contributed by atoms with Crippen molar-refractivity contribution >= 4 is 40.1 Å². The van der Waals surface area contributed by atoms with Crippen molar-refractivity contribution in [2.75, 3.05) is 10.7 Å². The van der Waals surface area contributed by atoms with E-state index in [-0.39, 0.29) is 11.5 Å². The summed E-state index contributed by atoms with van der Waals surface area (Å²) in [7, 11) is 0. The largest absolute Gasteiger partial charge is 0.426 e. The predicted octanol–water partition coefficient (Wildman–Crippen LogP) is 4.61. The van der Waals surface area contributed by atoms with Gasteiger partial charge >= 0.3 is 17.2 Å². The van der Waals surface area contributed by atoms with Crippen LogP contribution in [0.15, 0.2) is 70.6 Å². The van der Waals surface area contributed by atoms with Crippen molar-refractivity contribution in [1.82, 2.24) is 10.1 Å². The van der Waals surface area contributed by atoms with Crippen LogP contribution in [-0.4, -0.2) is 27.7 Å². The summed E-state index contributed by atoms with van der Waals surface area (Å²) in [5.41, 5.74) is 1.79. The molecule has 3 aromatic carbocycles. The molecule has 0 saturated heterocycles. The topological polar surface area (TPSA) is 96.2 Å². The van der Waals surface area contributed by atoms with E-state index in [4.69, 9.17) is 9.84 Å². The Labute approximate surface area is 218 Å². The number of para-hydroxylation sites is 1. The van der Waals surface area contributed by atoms with Crippen molar-refractivity contribution in [1.29, 1.82) is 0 Å². The fourth-order valence-electron chi connectivity index (χ4n) is 4.74. The number of hydrogen-bond donors (Lipinski definition) is 1. The number of fused-ring (bicyclic) bond motifs is 4. The lowest BCUT2D eigenvalue weighted by atomic mass is 9.96. The van der Waals surface area contributed by atoms with Crippen molar-refractivity contribution in [3.8, 4) is 17.0 Å². The molecular formula is C28H27N4O4S+. The number of hydrogen-bond acceptors (Lipinski definition) is 6. The average molecular weight is 516 g/mol. The van der Waals surface area contributed by atoms with Crippen molar-refractivity contribution in [2.45, 2.75) is 44.9 Å².